The Morgan fingerprint density at radius 1 is 1.13 bits per heavy atom. The van der Waals surface area contributed by atoms with Crippen molar-refractivity contribution in [1.82, 2.24) is 25.2 Å². The number of nitrogens with one attached hydrogen (secondary N) is 3. The van der Waals surface area contributed by atoms with E-state index in [0.29, 0.717) is 55.2 Å². The molecule has 2 aliphatic rings. The van der Waals surface area contributed by atoms with Gasteiger partial charge in [0.25, 0.3) is 5.91 Å². The van der Waals surface area contributed by atoms with Crippen LogP contribution in [0, 0.1) is 5.92 Å². The summed E-state index contributed by atoms with van der Waals surface area (Å²) in [6.07, 6.45) is 6.89. The van der Waals surface area contributed by atoms with Crippen LogP contribution in [0.4, 0.5) is 23.1 Å². The number of nitrogen functional groups attached to an aromatic ring is 1. The number of hydrogen-bond donors (Lipinski definition) is 4. The minimum Gasteiger partial charge on any atom is -0.384 e. The number of nitrogens with two attached hydrogens (primary N) is 1. The van der Waals surface area contributed by atoms with Gasteiger partial charge in [0.2, 0.25) is 0 Å². The molecule has 4 heterocycles. The van der Waals surface area contributed by atoms with E-state index in [1.165, 1.54) is 6.20 Å². The summed E-state index contributed by atoms with van der Waals surface area (Å²) in [5.74, 6) is 2.01. The van der Waals surface area contributed by atoms with E-state index in [-0.39, 0.29) is 5.91 Å². The van der Waals surface area contributed by atoms with Crippen molar-refractivity contribution in [3.63, 3.8) is 0 Å². The predicted octanol–water partition coefficient (Wildman–Crippen LogP) is 1.08. The average molecular weight is 412 g/mol. The third-order valence-electron chi connectivity index (χ3n) is 5.40. The fourth-order valence-electron chi connectivity index (χ4n) is 3.65. The van der Waals surface area contributed by atoms with Gasteiger partial charge in [-0.3, -0.25) is 4.79 Å². The van der Waals surface area contributed by atoms with E-state index in [1.807, 2.05) is 11.0 Å². The number of amides is 1. The van der Waals surface area contributed by atoms with Crippen LogP contribution in [0.15, 0.2) is 24.7 Å². The van der Waals surface area contributed by atoms with Crippen LogP contribution < -0.4 is 21.7 Å². The Balaban J connectivity index is 1.53. The van der Waals surface area contributed by atoms with E-state index in [9.17, 15) is 4.79 Å². The van der Waals surface area contributed by atoms with Crippen LogP contribution in [0.5, 0.6) is 0 Å². The minimum absolute atomic E-state index is 0.0302. The Morgan fingerprint density at radius 2 is 1.90 bits per heavy atom. The van der Waals surface area contributed by atoms with Gasteiger partial charge in [0, 0.05) is 31.9 Å². The van der Waals surface area contributed by atoms with Gasteiger partial charge in [-0.2, -0.15) is 0 Å². The van der Waals surface area contributed by atoms with Crippen LogP contribution in [-0.4, -0.2) is 71.7 Å². The summed E-state index contributed by atoms with van der Waals surface area (Å²) in [5.41, 5.74) is 6.93. The number of hydrogen-bond acceptors (Lipinski definition) is 9. The molecule has 4 rings (SSSR count). The van der Waals surface area contributed by atoms with Gasteiger partial charge in [-0.15, -0.1) is 0 Å². The van der Waals surface area contributed by atoms with Gasteiger partial charge in [-0.05, 0) is 31.8 Å². The van der Waals surface area contributed by atoms with Crippen molar-refractivity contribution in [3.8, 4) is 0 Å². The standard InChI is InChI=1S/C20H28N8O2/c21-17-12-26-19(13-24-17)27-18-9-16(23-10-14-1-3-22-4-2-14)15(11-25-18)20(29)28-5-7-30-8-6-28/h9,11-14,22H,1-8,10H2,(H2,21,24)(H2,23,25,26,27). The van der Waals surface area contributed by atoms with Crippen LogP contribution in [0.2, 0.25) is 0 Å². The fraction of sp³-hybridized carbons (Fsp3) is 0.500. The number of ether oxygens (including phenoxy) is 1. The summed E-state index contributed by atoms with van der Waals surface area (Å²) in [6.45, 7) is 5.19. The smallest absolute Gasteiger partial charge is 0.257 e. The normalized spacial score (nSPS) is 17.5. The van der Waals surface area contributed by atoms with Crippen molar-refractivity contribution in [1.29, 1.82) is 0 Å². The highest BCUT2D eigenvalue weighted by Crippen LogP contribution is 2.24. The first-order valence-electron chi connectivity index (χ1n) is 10.4. The summed E-state index contributed by atoms with van der Waals surface area (Å²) in [4.78, 5) is 27.6. The van der Waals surface area contributed by atoms with E-state index in [4.69, 9.17) is 10.5 Å². The van der Waals surface area contributed by atoms with Crippen LogP contribution in [0.25, 0.3) is 0 Å². The third kappa shape index (κ3) is 5.14. The Hall–Kier alpha value is -2.98. The fourth-order valence-corrected chi connectivity index (χ4v) is 3.65. The molecule has 0 aliphatic carbocycles. The third-order valence-corrected chi connectivity index (χ3v) is 5.40. The van der Waals surface area contributed by atoms with Crippen molar-refractivity contribution < 1.29 is 9.53 Å². The molecule has 2 aromatic heterocycles. The Labute approximate surface area is 175 Å². The van der Waals surface area contributed by atoms with E-state index >= 15 is 0 Å². The lowest BCUT2D eigenvalue weighted by molar-refractivity contribution is 0.0303. The van der Waals surface area contributed by atoms with Crippen molar-refractivity contribution >= 4 is 29.0 Å². The molecule has 2 aromatic rings. The average Bonchev–Trinajstić information content (AvgIpc) is 2.80. The highest BCUT2D eigenvalue weighted by Gasteiger charge is 2.23. The second-order valence-electron chi connectivity index (χ2n) is 7.55. The second kappa shape index (κ2) is 9.68. The topological polar surface area (TPSA) is 130 Å². The van der Waals surface area contributed by atoms with Gasteiger partial charge in [0.15, 0.2) is 0 Å². The number of morpholine rings is 1. The highest BCUT2D eigenvalue weighted by molar-refractivity contribution is 5.99. The molecule has 0 spiro atoms. The molecule has 2 saturated heterocycles. The van der Waals surface area contributed by atoms with Crippen molar-refractivity contribution in [2.24, 2.45) is 5.92 Å². The number of anilines is 4. The Kier molecular flexibility index (Phi) is 6.55. The molecule has 1 amide bonds. The predicted molar refractivity (Wildman–Crippen MR) is 115 cm³/mol. The molecular formula is C20H28N8O2. The van der Waals surface area contributed by atoms with E-state index in [2.05, 4.69) is 30.9 Å². The molecule has 10 nitrogen and oxygen atoms in total. The van der Waals surface area contributed by atoms with Crippen LogP contribution in [-0.2, 0) is 4.74 Å². The number of piperidine rings is 1. The molecule has 5 N–H and O–H groups in total. The van der Waals surface area contributed by atoms with Crippen molar-refractivity contribution in [2.75, 3.05) is 62.3 Å². The van der Waals surface area contributed by atoms with Gasteiger partial charge in [-0.1, -0.05) is 0 Å². The lowest BCUT2D eigenvalue weighted by atomic mass is 9.98. The molecule has 30 heavy (non-hydrogen) atoms. The first-order chi connectivity index (χ1) is 14.7. The maximum atomic E-state index is 13.1. The summed E-state index contributed by atoms with van der Waals surface area (Å²) in [5, 5.41) is 10.00. The van der Waals surface area contributed by atoms with Crippen molar-refractivity contribution in [3.05, 3.63) is 30.2 Å². The number of carbonyl (C=O) groups excluding carboxylic acids is 1. The van der Waals surface area contributed by atoms with Gasteiger partial charge in [0.1, 0.15) is 17.5 Å². The monoisotopic (exact) mass is 412 g/mol. The molecule has 2 fully saturated rings. The number of rotatable bonds is 6. The quantitative estimate of drug-likeness (QED) is 0.550. The highest BCUT2D eigenvalue weighted by atomic mass is 16.5. The lowest BCUT2D eigenvalue weighted by Gasteiger charge is -2.28. The zero-order valence-corrected chi connectivity index (χ0v) is 16.9. The molecule has 0 saturated carbocycles. The van der Waals surface area contributed by atoms with Crippen LogP contribution in [0.3, 0.4) is 0 Å². The maximum absolute atomic E-state index is 13.1. The Morgan fingerprint density at radius 3 is 2.63 bits per heavy atom. The van der Waals surface area contributed by atoms with Gasteiger partial charge in [0.05, 0.1) is 36.9 Å². The molecule has 2 aliphatic heterocycles. The molecule has 160 valence electrons. The summed E-state index contributed by atoms with van der Waals surface area (Å²) < 4.78 is 5.37. The van der Waals surface area contributed by atoms with Crippen molar-refractivity contribution in [2.45, 2.75) is 12.8 Å². The van der Waals surface area contributed by atoms with Crippen LogP contribution in [0.1, 0.15) is 23.2 Å². The number of aromatic nitrogens is 3. The van der Waals surface area contributed by atoms with E-state index in [0.717, 1.165) is 38.2 Å². The zero-order valence-electron chi connectivity index (χ0n) is 16.9. The summed E-state index contributed by atoms with van der Waals surface area (Å²) in [7, 11) is 0. The summed E-state index contributed by atoms with van der Waals surface area (Å²) >= 11 is 0. The minimum atomic E-state index is -0.0302. The number of carbonyl (C=O) groups is 1. The van der Waals surface area contributed by atoms with Gasteiger partial charge < -0.3 is 31.3 Å². The SMILES string of the molecule is Nc1cnc(Nc2cc(NCC3CCNCC3)c(C(=O)N3CCOCC3)cn2)cn1. The molecule has 10 heteroatoms. The largest absolute Gasteiger partial charge is 0.384 e. The molecular weight excluding hydrogens is 384 g/mol. The van der Waals surface area contributed by atoms with Gasteiger partial charge >= 0.3 is 0 Å². The molecule has 0 atom stereocenters. The first kappa shape index (κ1) is 20.3. The molecule has 0 radical (unpaired) electrons. The number of pyridine rings is 1. The number of nitrogens with zero attached hydrogens (tertiary/aromatic N) is 4. The molecule has 0 bridgehead atoms. The van der Waals surface area contributed by atoms with E-state index in [1.54, 1.807) is 12.4 Å². The zero-order chi connectivity index (χ0) is 20.8. The molecule has 0 aromatic carbocycles. The van der Waals surface area contributed by atoms with Gasteiger partial charge in [-0.25, -0.2) is 15.0 Å². The summed E-state index contributed by atoms with van der Waals surface area (Å²) in [6, 6.07) is 1.85. The van der Waals surface area contributed by atoms with Crippen LogP contribution >= 0.6 is 0 Å². The lowest BCUT2D eigenvalue weighted by Crippen LogP contribution is -2.41. The maximum Gasteiger partial charge on any atom is 0.257 e. The second-order valence-corrected chi connectivity index (χ2v) is 7.55. The van der Waals surface area contributed by atoms with E-state index < -0.39 is 0 Å². The Bertz CT molecular complexity index is 848. The molecule has 0 unspecified atom stereocenters. The first-order valence-corrected chi connectivity index (χ1v) is 10.4.